The summed E-state index contributed by atoms with van der Waals surface area (Å²) >= 11 is 0. The highest BCUT2D eigenvalue weighted by atomic mass is 16.5. The number of benzene rings is 2. The normalized spacial score (nSPS) is 20.6. The number of amides is 1. The highest BCUT2D eigenvalue weighted by molar-refractivity contribution is 5.83. The van der Waals surface area contributed by atoms with Gasteiger partial charge in [-0.2, -0.15) is 0 Å². The van der Waals surface area contributed by atoms with E-state index in [0.717, 1.165) is 55.6 Å². The number of rotatable bonds is 7. The first kappa shape index (κ1) is 20.9. The van der Waals surface area contributed by atoms with Crippen LogP contribution >= 0.6 is 0 Å². The molecule has 1 N–H and O–H groups in total. The molecule has 2 saturated heterocycles. The van der Waals surface area contributed by atoms with Crippen LogP contribution in [0.4, 0.5) is 0 Å². The lowest BCUT2D eigenvalue weighted by Crippen LogP contribution is -2.47. The third-order valence-corrected chi connectivity index (χ3v) is 6.34. The molecule has 30 heavy (non-hydrogen) atoms. The largest absolute Gasteiger partial charge is 0.497 e. The number of carbonyl (C=O) groups excluding carboxylic acids is 1. The van der Waals surface area contributed by atoms with Gasteiger partial charge in [-0.05, 0) is 60.9 Å². The van der Waals surface area contributed by atoms with Gasteiger partial charge in [0.25, 0.3) is 0 Å². The van der Waals surface area contributed by atoms with Gasteiger partial charge in [-0.3, -0.25) is 4.79 Å². The van der Waals surface area contributed by atoms with Gasteiger partial charge in [0.15, 0.2) is 0 Å². The Hall–Kier alpha value is -2.37. The zero-order valence-corrected chi connectivity index (χ0v) is 17.7. The van der Waals surface area contributed by atoms with Crippen LogP contribution in [0.1, 0.15) is 31.2 Å². The van der Waals surface area contributed by atoms with Crippen molar-refractivity contribution in [2.24, 2.45) is 5.41 Å². The van der Waals surface area contributed by atoms with Gasteiger partial charge in [-0.25, -0.2) is 0 Å². The van der Waals surface area contributed by atoms with Gasteiger partial charge in [0.2, 0.25) is 5.91 Å². The summed E-state index contributed by atoms with van der Waals surface area (Å²) in [7, 11) is 1.67. The smallest absolute Gasteiger partial charge is 0.226 e. The average molecular weight is 410 g/mol. The molecule has 2 fully saturated rings. The summed E-state index contributed by atoms with van der Waals surface area (Å²) < 4.78 is 16.5. The number of nitrogens with one attached hydrogen (secondary N) is 1. The number of carbonyl (C=O) groups is 1. The van der Waals surface area contributed by atoms with Crippen molar-refractivity contribution >= 4 is 5.91 Å². The minimum Gasteiger partial charge on any atom is -0.497 e. The Labute approximate surface area is 178 Å². The van der Waals surface area contributed by atoms with Crippen molar-refractivity contribution in [2.75, 3.05) is 33.5 Å². The number of hydrogen-bond donors (Lipinski definition) is 1. The molecule has 0 aliphatic carbocycles. The van der Waals surface area contributed by atoms with E-state index in [9.17, 15) is 4.79 Å². The molecule has 2 aliphatic rings. The van der Waals surface area contributed by atoms with E-state index >= 15 is 0 Å². The fourth-order valence-electron chi connectivity index (χ4n) is 4.48. The first-order valence-corrected chi connectivity index (χ1v) is 10.9. The molecule has 2 heterocycles. The molecule has 0 saturated carbocycles. The van der Waals surface area contributed by atoms with E-state index in [1.165, 1.54) is 5.56 Å². The molecule has 2 aliphatic heterocycles. The van der Waals surface area contributed by atoms with Gasteiger partial charge in [0.1, 0.15) is 5.75 Å². The van der Waals surface area contributed by atoms with E-state index in [2.05, 4.69) is 41.7 Å². The Morgan fingerprint density at radius 1 is 1.10 bits per heavy atom. The Balaban J connectivity index is 1.50. The highest BCUT2D eigenvalue weighted by Gasteiger charge is 2.40. The molecule has 2 aromatic rings. The van der Waals surface area contributed by atoms with Crippen molar-refractivity contribution in [3.63, 3.8) is 0 Å². The fourth-order valence-corrected chi connectivity index (χ4v) is 4.48. The van der Waals surface area contributed by atoms with E-state index in [1.54, 1.807) is 7.11 Å². The van der Waals surface area contributed by atoms with Gasteiger partial charge >= 0.3 is 0 Å². The van der Waals surface area contributed by atoms with Gasteiger partial charge in [0.05, 0.1) is 18.6 Å². The highest BCUT2D eigenvalue weighted by Crippen LogP contribution is 2.36. The minimum absolute atomic E-state index is 0.135. The molecule has 160 valence electrons. The van der Waals surface area contributed by atoms with E-state index in [0.29, 0.717) is 19.8 Å². The zero-order chi connectivity index (χ0) is 20.8. The van der Waals surface area contributed by atoms with Crippen LogP contribution < -0.4 is 10.1 Å². The summed E-state index contributed by atoms with van der Waals surface area (Å²) in [5.74, 6) is 0.982. The van der Waals surface area contributed by atoms with Crippen molar-refractivity contribution in [1.29, 1.82) is 0 Å². The Kier molecular flexibility index (Phi) is 6.70. The molecule has 0 bridgehead atoms. The quantitative estimate of drug-likeness (QED) is 0.751. The van der Waals surface area contributed by atoms with Crippen LogP contribution in [0.25, 0.3) is 11.1 Å². The first-order valence-electron chi connectivity index (χ1n) is 10.9. The SMILES string of the molecule is COc1ccc(-c2cccc(CC3(C(=O)NCC4CCCO4)CCOCC3)c2)cc1. The van der Waals surface area contributed by atoms with Crippen molar-refractivity contribution < 1.29 is 19.0 Å². The molecular formula is C25H31NO4. The lowest BCUT2D eigenvalue weighted by atomic mass is 9.74. The molecule has 0 radical (unpaired) electrons. The van der Waals surface area contributed by atoms with Crippen LogP contribution in [0.3, 0.4) is 0 Å². The predicted molar refractivity (Wildman–Crippen MR) is 117 cm³/mol. The van der Waals surface area contributed by atoms with Crippen molar-refractivity contribution in [3.05, 3.63) is 54.1 Å². The Morgan fingerprint density at radius 3 is 2.60 bits per heavy atom. The fraction of sp³-hybridized carbons (Fsp3) is 0.480. The first-order chi connectivity index (χ1) is 14.7. The maximum Gasteiger partial charge on any atom is 0.226 e. The van der Waals surface area contributed by atoms with E-state index in [-0.39, 0.29) is 12.0 Å². The summed E-state index contributed by atoms with van der Waals surface area (Å²) in [6, 6.07) is 16.6. The van der Waals surface area contributed by atoms with Gasteiger partial charge in [0, 0.05) is 26.4 Å². The maximum atomic E-state index is 13.3. The molecule has 0 aromatic heterocycles. The van der Waals surface area contributed by atoms with Crippen LogP contribution in [0.2, 0.25) is 0 Å². The van der Waals surface area contributed by atoms with Crippen molar-refractivity contribution in [2.45, 2.75) is 38.2 Å². The molecule has 0 spiro atoms. The molecule has 5 nitrogen and oxygen atoms in total. The second kappa shape index (κ2) is 9.63. The summed E-state index contributed by atoms with van der Waals surface area (Å²) in [6.45, 7) is 2.67. The third kappa shape index (κ3) is 4.85. The predicted octanol–water partition coefficient (Wildman–Crippen LogP) is 4.00. The molecular weight excluding hydrogens is 378 g/mol. The molecule has 1 unspecified atom stereocenters. The summed E-state index contributed by atoms with van der Waals surface area (Å²) in [6.07, 6.45) is 4.48. The second-order valence-electron chi connectivity index (χ2n) is 8.34. The van der Waals surface area contributed by atoms with Crippen LogP contribution in [0.15, 0.2) is 48.5 Å². The van der Waals surface area contributed by atoms with Crippen molar-refractivity contribution in [3.8, 4) is 16.9 Å². The minimum atomic E-state index is -0.421. The lowest BCUT2D eigenvalue weighted by molar-refractivity contribution is -0.137. The summed E-state index contributed by atoms with van der Waals surface area (Å²) in [4.78, 5) is 13.3. The maximum absolute atomic E-state index is 13.3. The Morgan fingerprint density at radius 2 is 1.90 bits per heavy atom. The average Bonchev–Trinajstić information content (AvgIpc) is 3.32. The van der Waals surface area contributed by atoms with Gasteiger partial charge in [-0.1, -0.05) is 36.4 Å². The van der Waals surface area contributed by atoms with E-state index in [1.807, 2.05) is 12.1 Å². The lowest BCUT2D eigenvalue weighted by Gasteiger charge is -2.36. The van der Waals surface area contributed by atoms with Crippen LogP contribution in [-0.2, 0) is 20.7 Å². The molecule has 1 atom stereocenters. The van der Waals surface area contributed by atoms with Crippen LogP contribution in [0.5, 0.6) is 5.75 Å². The zero-order valence-electron chi connectivity index (χ0n) is 17.7. The number of hydrogen-bond acceptors (Lipinski definition) is 4. The number of ether oxygens (including phenoxy) is 3. The molecule has 5 heteroatoms. The standard InChI is InChI=1S/C25H31NO4/c1-28-22-9-7-20(8-10-22)21-5-2-4-19(16-21)17-25(11-14-29-15-12-25)24(27)26-18-23-6-3-13-30-23/h2,4-5,7-10,16,23H,3,6,11-15,17-18H2,1H3,(H,26,27). The molecule has 2 aromatic carbocycles. The summed E-state index contributed by atoms with van der Waals surface area (Å²) in [5.41, 5.74) is 3.05. The van der Waals surface area contributed by atoms with Crippen LogP contribution in [-0.4, -0.2) is 45.5 Å². The van der Waals surface area contributed by atoms with Gasteiger partial charge in [-0.15, -0.1) is 0 Å². The van der Waals surface area contributed by atoms with E-state index in [4.69, 9.17) is 14.2 Å². The third-order valence-electron chi connectivity index (χ3n) is 6.34. The van der Waals surface area contributed by atoms with Crippen LogP contribution in [0, 0.1) is 5.41 Å². The molecule has 4 rings (SSSR count). The number of methoxy groups -OCH3 is 1. The second-order valence-corrected chi connectivity index (χ2v) is 8.34. The van der Waals surface area contributed by atoms with Crippen molar-refractivity contribution in [1.82, 2.24) is 5.32 Å². The topological polar surface area (TPSA) is 56.8 Å². The monoisotopic (exact) mass is 409 g/mol. The Bertz CT molecular complexity index is 836. The molecule has 1 amide bonds. The van der Waals surface area contributed by atoms with E-state index < -0.39 is 5.41 Å². The van der Waals surface area contributed by atoms with Gasteiger partial charge < -0.3 is 19.5 Å². The summed E-state index contributed by atoms with van der Waals surface area (Å²) in [5, 5.41) is 3.18.